The molecule has 0 radical (unpaired) electrons. The molecule has 1 rings (SSSR count). The van der Waals surface area contributed by atoms with Gasteiger partial charge in [0.1, 0.15) is 11.7 Å². The molecule has 1 saturated heterocycles. The van der Waals surface area contributed by atoms with Crippen molar-refractivity contribution in [3.63, 3.8) is 0 Å². The molecule has 0 aromatic carbocycles. The largest absolute Gasteiger partial charge is 0.495 e. The monoisotopic (exact) mass is 156 g/mol. The molecule has 0 N–H and O–H groups in total. The van der Waals surface area contributed by atoms with Crippen LogP contribution in [0, 0.1) is 5.92 Å². The van der Waals surface area contributed by atoms with Gasteiger partial charge >= 0.3 is 5.97 Å². The van der Waals surface area contributed by atoms with E-state index in [-0.39, 0.29) is 18.0 Å². The van der Waals surface area contributed by atoms with Crippen LogP contribution in [0.4, 0.5) is 0 Å². The third-order valence-corrected chi connectivity index (χ3v) is 1.79. The number of hydrogen-bond acceptors (Lipinski definition) is 3. The molecule has 0 aromatic heterocycles. The molecule has 11 heavy (non-hydrogen) atoms. The van der Waals surface area contributed by atoms with Crippen molar-refractivity contribution < 1.29 is 14.3 Å². The number of rotatable bonds is 1. The molecule has 0 saturated carbocycles. The number of esters is 1. The van der Waals surface area contributed by atoms with Crippen LogP contribution in [-0.4, -0.2) is 19.2 Å². The summed E-state index contributed by atoms with van der Waals surface area (Å²) >= 11 is 0. The third kappa shape index (κ3) is 1.53. The number of carbonyl (C=O) groups excluding carboxylic acids is 1. The van der Waals surface area contributed by atoms with Crippen molar-refractivity contribution in [3.05, 3.63) is 12.3 Å². The van der Waals surface area contributed by atoms with Crippen LogP contribution in [0.5, 0.6) is 0 Å². The van der Waals surface area contributed by atoms with Crippen molar-refractivity contribution in [1.29, 1.82) is 0 Å². The highest BCUT2D eigenvalue weighted by Gasteiger charge is 2.33. The molecular weight excluding hydrogens is 144 g/mol. The SMILES string of the molecule is C=C1OC(C)CC1C(=O)OC. The minimum atomic E-state index is -0.255. The Labute approximate surface area is 66.0 Å². The summed E-state index contributed by atoms with van der Waals surface area (Å²) in [7, 11) is 1.37. The van der Waals surface area contributed by atoms with E-state index in [1.54, 1.807) is 0 Å². The van der Waals surface area contributed by atoms with E-state index in [4.69, 9.17) is 4.74 Å². The fourth-order valence-electron chi connectivity index (χ4n) is 1.22. The summed E-state index contributed by atoms with van der Waals surface area (Å²) in [5.74, 6) is 0.0266. The molecule has 2 unspecified atom stereocenters. The Morgan fingerprint density at radius 2 is 2.45 bits per heavy atom. The molecule has 0 aromatic rings. The lowest BCUT2D eigenvalue weighted by atomic mass is 10.1. The molecule has 3 heteroatoms. The van der Waals surface area contributed by atoms with Crippen LogP contribution >= 0.6 is 0 Å². The number of methoxy groups -OCH3 is 1. The zero-order valence-corrected chi connectivity index (χ0v) is 6.79. The number of hydrogen-bond donors (Lipinski definition) is 0. The molecule has 62 valence electrons. The van der Waals surface area contributed by atoms with Gasteiger partial charge in [0.25, 0.3) is 0 Å². The summed E-state index contributed by atoms with van der Waals surface area (Å²) in [4.78, 5) is 11.0. The molecule has 1 aliphatic rings. The van der Waals surface area contributed by atoms with Crippen molar-refractivity contribution in [2.24, 2.45) is 5.92 Å². The first-order valence-electron chi connectivity index (χ1n) is 3.58. The van der Waals surface area contributed by atoms with Gasteiger partial charge in [0.2, 0.25) is 0 Å². The first-order valence-corrected chi connectivity index (χ1v) is 3.58. The van der Waals surface area contributed by atoms with Gasteiger partial charge in [-0.1, -0.05) is 6.58 Å². The smallest absolute Gasteiger partial charge is 0.316 e. The third-order valence-electron chi connectivity index (χ3n) is 1.79. The molecule has 1 heterocycles. The molecule has 0 bridgehead atoms. The predicted molar refractivity (Wildman–Crippen MR) is 39.8 cm³/mol. The van der Waals surface area contributed by atoms with E-state index < -0.39 is 0 Å². The van der Waals surface area contributed by atoms with Crippen molar-refractivity contribution in [1.82, 2.24) is 0 Å². The van der Waals surface area contributed by atoms with E-state index in [9.17, 15) is 4.79 Å². The minimum absolute atomic E-state index is 0.0894. The average molecular weight is 156 g/mol. The van der Waals surface area contributed by atoms with Crippen LogP contribution in [0.25, 0.3) is 0 Å². The van der Waals surface area contributed by atoms with Crippen molar-refractivity contribution in [3.8, 4) is 0 Å². The standard InChI is InChI=1S/C8H12O3/c1-5-4-7(6(2)11-5)8(9)10-3/h5,7H,2,4H2,1,3H3. The maximum atomic E-state index is 11.0. The topological polar surface area (TPSA) is 35.5 Å². The second kappa shape index (κ2) is 2.95. The van der Waals surface area contributed by atoms with Gasteiger partial charge in [-0.2, -0.15) is 0 Å². The number of carbonyl (C=O) groups is 1. The van der Waals surface area contributed by atoms with Gasteiger partial charge in [-0.25, -0.2) is 0 Å². The Hall–Kier alpha value is -0.990. The predicted octanol–water partition coefficient (Wildman–Crippen LogP) is 1.10. The van der Waals surface area contributed by atoms with Gasteiger partial charge in [0.15, 0.2) is 0 Å². The summed E-state index contributed by atoms with van der Waals surface area (Å²) in [6.45, 7) is 5.54. The lowest BCUT2D eigenvalue weighted by Gasteiger charge is -2.04. The molecule has 2 atom stereocenters. The van der Waals surface area contributed by atoms with Crippen LogP contribution in [-0.2, 0) is 14.3 Å². The summed E-state index contributed by atoms with van der Waals surface area (Å²) in [6, 6.07) is 0. The summed E-state index contributed by atoms with van der Waals surface area (Å²) in [6.07, 6.45) is 0.775. The van der Waals surface area contributed by atoms with Crippen LogP contribution in [0.3, 0.4) is 0 Å². The lowest BCUT2D eigenvalue weighted by molar-refractivity contribution is -0.144. The van der Waals surface area contributed by atoms with Crippen LogP contribution < -0.4 is 0 Å². The fourth-order valence-corrected chi connectivity index (χ4v) is 1.22. The van der Waals surface area contributed by atoms with Gasteiger partial charge < -0.3 is 9.47 Å². The molecule has 0 aliphatic carbocycles. The maximum Gasteiger partial charge on any atom is 0.316 e. The lowest BCUT2D eigenvalue weighted by Crippen LogP contribution is -2.14. The Balaban J connectivity index is 2.60. The molecule has 0 amide bonds. The quantitative estimate of drug-likeness (QED) is 0.533. The minimum Gasteiger partial charge on any atom is -0.495 e. The van der Waals surface area contributed by atoms with Gasteiger partial charge in [-0.05, 0) is 6.92 Å². The van der Waals surface area contributed by atoms with Crippen LogP contribution in [0.15, 0.2) is 12.3 Å². The maximum absolute atomic E-state index is 11.0. The highest BCUT2D eigenvalue weighted by molar-refractivity contribution is 5.75. The molecule has 3 nitrogen and oxygen atoms in total. The fraction of sp³-hybridized carbons (Fsp3) is 0.625. The molecular formula is C8H12O3. The highest BCUT2D eigenvalue weighted by atomic mass is 16.5. The van der Waals surface area contributed by atoms with E-state index in [1.807, 2.05) is 6.92 Å². The zero-order chi connectivity index (χ0) is 8.43. The first-order chi connectivity index (χ1) is 5.15. The highest BCUT2D eigenvalue weighted by Crippen LogP contribution is 2.28. The second-order valence-electron chi connectivity index (χ2n) is 2.71. The summed E-state index contributed by atoms with van der Waals surface area (Å²) < 4.78 is 9.77. The first kappa shape index (κ1) is 8.11. The van der Waals surface area contributed by atoms with Gasteiger partial charge in [-0.15, -0.1) is 0 Å². The van der Waals surface area contributed by atoms with Crippen molar-refractivity contribution >= 4 is 5.97 Å². The summed E-state index contributed by atoms with van der Waals surface area (Å²) in [5.41, 5.74) is 0. The van der Waals surface area contributed by atoms with Gasteiger partial charge in [-0.3, -0.25) is 4.79 Å². The summed E-state index contributed by atoms with van der Waals surface area (Å²) in [5, 5.41) is 0. The molecule has 1 aliphatic heterocycles. The van der Waals surface area contributed by atoms with Gasteiger partial charge in [0.05, 0.1) is 13.2 Å². The Morgan fingerprint density at radius 1 is 1.82 bits per heavy atom. The van der Waals surface area contributed by atoms with E-state index >= 15 is 0 Å². The van der Waals surface area contributed by atoms with E-state index in [2.05, 4.69) is 11.3 Å². The Morgan fingerprint density at radius 3 is 2.82 bits per heavy atom. The van der Waals surface area contributed by atoms with Crippen molar-refractivity contribution in [2.45, 2.75) is 19.4 Å². The van der Waals surface area contributed by atoms with E-state index in [0.29, 0.717) is 12.2 Å². The van der Waals surface area contributed by atoms with Crippen LogP contribution in [0.1, 0.15) is 13.3 Å². The zero-order valence-electron chi connectivity index (χ0n) is 6.79. The normalized spacial score (nSPS) is 29.8. The Kier molecular flexibility index (Phi) is 2.17. The molecule has 1 fully saturated rings. The van der Waals surface area contributed by atoms with Crippen molar-refractivity contribution in [2.75, 3.05) is 7.11 Å². The Bertz CT molecular complexity index is 178. The van der Waals surface area contributed by atoms with Gasteiger partial charge in [0, 0.05) is 6.42 Å². The van der Waals surface area contributed by atoms with Crippen LogP contribution in [0.2, 0.25) is 0 Å². The van der Waals surface area contributed by atoms with E-state index in [0.717, 1.165) is 0 Å². The second-order valence-corrected chi connectivity index (χ2v) is 2.71. The number of ether oxygens (including phenoxy) is 2. The van der Waals surface area contributed by atoms with E-state index in [1.165, 1.54) is 7.11 Å². The average Bonchev–Trinajstić information content (AvgIpc) is 2.28. The molecule has 0 spiro atoms.